The number of hydrogen-bond acceptors (Lipinski definition) is 5. The number of ether oxygens (including phenoxy) is 1. The Morgan fingerprint density at radius 1 is 1.06 bits per heavy atom. The summed E-state index contributed by atoms with van der Waals surface area (Å²) in [5.41, 5.74) is 7.43. The van der Waals surface area contributed by atoms with Crippen LogP contribution < -0.4 is 4.74 Å². The fourth-order valence-corrected chi connectivity index (χ4v) is 5.09. The molecular formula is C29H30N2O3S. The van der Waals surface area contributed by atoms with Crippen molar-refractivity contribution in [2.24, 2.45) is 0 Å². The van der Waals surface area contributed by atoms with Crippen molar-refractivity contribution >= 4 is 17.3 Å². The SMILES string of the molecule is Cc1cccc(-c2ccc(-c3nc(C(C)COc4ccc(CCC(=O)O)c(C)c4)c(C)s3)cn2)c1. The van der Waals surface area contributed by atoms with Gasteiger partial charge in [-0.3, -0.25) is 9.78 Å². The highest BCUT2D eigenvalue weighted by Crippen LogP contribution is 2.32. The predicted molar refractivity (Wildman–Crippen MR) is 141 cm³/mol. The zero-order valence-electron chi connectivity index (χ0n) is 20.5. The Morgan fingerprint density at radius 2 is 1.89 bits per heavy atom. The van der Waals surface area contributed by atoms with Gasteiger partial charge in [0, 0.05) is 34.5 Å². The molecule has 2 heterocycles. The van der Waals surface area contributed by atoms with E-state index in [1.54, 1.807) is 11.3 Å². The lowest BCUT2D eigenvalue weighted by Gasteiger charge is -2.14. The van der Waals surface area contributed by atoms with E-state index in [9.17, 15) is 4.79 Å². The van der Waals surface area contributed by atoms with Crippen molar-refractivity contribution in [2.45, 2.75) is 46.5 Å². The van der Waals surface area contributed by atoms with Crippen LogP contribution >= 0.6 is 11.3 Å². The van der Waals surface area contributed by atoms with Gasteiger partial charge in [0.15, 0.2) is 0 Å². The van der Waals surface area contributed by atoms with Crippen LogP contribution in [0.25, 0.3) is 21.8 Å². The number of aromatic nitrogens is 2. The Morgan fingerprint density at radius 3 is 2.57 bits per heavy atom. The highest BCUT2D eigenvalue weighted by atomic mass is 32.1. The van der Waals surface area contributed by atoms with Gasteiger partial charge in [0.25, 0.3) is 0 Å². The molecule has 0 radical (unpaired) electrons. The van der Waals surface area contributed by atoms with Crippen LogP contribution in [0.15, 0.2) is 60.8 Å². The second-order valence-electron chi connectivity index (χ2n) is 8.96. The lowest BCUT2D eigenvalue weighted by Crippen LogP contribution is -2.09. The van der Waals surface area contributed by atoms with Crippen LogP contribution in [0.3, 0.4) is 0 Å². The highest BCUT2D eigenvalue weighted by Gasteiger charge is 2.17. The molecule has 0 aliphatic rings. The average molecular weight is 487 g/mol. The maximum Gasteiger partial charge on any atom is 0.303 e. The molecule has 0 amide bonds. The summed E-state index contributed by atoms with van der Waals surface area (Å²) in [7, 11) is 0. The molecule has 2 aromatic carbocycles. The van der Waals surface area contributed by atoms with Gasteiger partial charge in [-0.15, -0.1) is 11.3 Å². The molecule has 1 N–H and O–H groups in total. The summed E-state index contributed by atoms with van der Waals surface area (Å²) in [6.07, 6.45) is 2.56. The molecule has 180 valence electrons. The van der Waals surface area contributed by atoms with Crippen molar-refractivity contribution in [3.63, 3.8) is 0 Å². The van der Waals surface area contributed by atoms with E-state index in [-0.39, 0.29) is 12.3 Å². The van der Waals surface area contributed by atoms with E-state index in [1.165, 1.54) is 10.4 Å². The third kappa shape index (κ3) is 6.14. The number of carboxylic acid groups (broad SMARTS) is 1. The molecule has 4 rings (SSSR count). The van der Waals surface area contributed by atoms with E-state index in [1.807, 2.05) is 31.3 Å². The number of thiazole rings is 1. The number of nitrogens with zero attached hydrogens (tertiary/aromatic N) is 2. The van der Waals surface area contributed by atoms with E-state index in [4.69, 9.17) is 14.8 Å². The maximum absolute atomic E-state index is 10.8. The highest BCUT2D eigenvalue weighted by molar-refractivity contribution is 7.15. The summed E-state index contributed by atoms with van der Waals surface area (Å²) in [6, 6.07) is 18.3. The molecule has 0 saturated heterocycles. The Labute approximate surface area is 210 Å². The molecule has 0 bridgehead atoms. The summed E-state index contributed by atoms with van der Waals surface area (Å²) in [4.78, 5) is 21.6. The van der Waals surface area contributed by atoms with E-state index in [2.05, 4.69) is 62.2 Å². The minimum absolute atomic E-state index is 0.131. The minimum Gasteiger partial charge on any atom is -0.493 e. The molecule has 2 aromatic heterocycles. The lowest BCUT2D eigenvalue weighted by atomic mass is 10.0. The van der Waals surface area contributed by atoms with Gasteiger partial charge in [0.2, 0.25) is 0 Å². The molecular weight excluding hydrogens is 456 g/mol. The standard InChI is InChI=1S/C29H30N2O3S/c1-18-6-5-7-23(14-18)26-12-9-24(16-30-26)29-31-28(21(4)35-29)20(3)17-34-25-11-8-22(19(2)15-25)10-13-27(32)33/h5-9,11-12,14-16,20H,10,13,17H2,1-4H3,(H,32,33). The summed E-state index contributed by atoms with van der Waals surface area (Å²) in [6.45, 7) is 8.81. The molecule has 0 aliphatic carbocycles. The first-order valence-corrected chi connectivity index (χ1v) is 12.6. The van der Waals surface area contributed by atoms with Crippen LogP contribution in [-0.4, -0.2) is 27.7 Å². The molecule has 1 unspecified atom stereocenters. The second kappa shape index (κ2) is 10.8. The maximum atomic E-state index is 10.8. The van der Waals surface area contributed by atoms with Gasteiger partial charge in [0.05, 0.1) is 18.0 Å². The molecule has 35 heavy (non-hydrogen) atoms. The van der Waals surface area contributed by atoms with Gasteiger partial charge >= 0.3 is 5.97 Å². The summed E-state index contributed by atoms with van der Waals surface area (Å²) < 4.78 is 6.06. The number of rotatable bonds is 9. The van der Waals surface area contributed by atoms with E-state index >= 15 is 0 Å². The largest absolute Gasteiger partial charge is 0.493 e. The summed E-state index contributed by atoms with van der Waals surface area (Å²) in [5, 5.41) is 9.87. The van der Waals surface area contributed by atoms with Gasteiger partial charge < -0.3 is 9.84 Å². The average Bonchev–Trinajstić information content (AvgIpc) is 3.23. The molecule has 4 aromatic rings. The molecule has 0 saturated carbocycles. The number of aryl methyl sites for hydroxylation is 4. The van der Waals surface area contributed by atoms with Gasteiger partial charge in [-0.2, -0.15) is 0 Å². The van der Waals surface area contributed by atoms with Crippen LogP contribution in [0.4, 0.5) is 0 Å². The minimum atomic E-state index is -0.783. The molecule has 6 heteroatoms. The number of carbonyl (C=O) groups is 1. The molecule has 0 fully saturated rings. The van der Waals surface area contributed by atoms with Gasteiger partial charge in [0.1, 0.15) is 10.8 Å². The van der Waals surface area contributed by atoms with Crippen molar-refractivity contribution in [3.05, 3.63) is 88.1 Å². The van der Waals surface area contributed by atoms with Crippen molar-refractivity contribution in [3.8, 4) is 27.6 Å². The van der Waals surface area contributed by atoms with Gasteiger partial charge in [-0.05, 0) is 68.7 Å². The van der Waals surface area contributed by atoms with Crippen molar-refractivity contribution in [1.29, 1.82) is 0 Å². The number of aliphatic carboxylic acids is 1. The number of pyridine rings is 1. The zero-order chi connectivity index (χ0) is 24.9. The first-order chi connectivity index (χ1) is 16.8. The molecule has 1 atom stereocenters. The molecule has 0 aliphatic heterocycles. The predicted octanol–water partition coefficient (Wildman–Crippen LogP) is 7.00. The van der Waals surface area contributed by atoms with Crippen LogP contribution in [-0.2, 0) is 11.2 Å². The fraction of sp³-hybridized carbons (Fsp3) is 0.276. The molecule has 5 nitrogen and oxygen atoms in total. The number of hydrogen-bond donors (Lipinski definition) is 1. The van der Waals surface area contributed by atoms with Crippen LogP contribution in [0.1, 0.15) is 46.5 Å². The topological polar surface area (TPSA) is 72.3 Å². The Hall–Kier alpha value is -3.51. The monoisotopic (exact) mass is 486 g/mol. The van der Waals surface area contributed by atoms with E-state index in [0.717, 1.165) is 44.4 Å². The molecule has 0 spiro atoms. The van der Waals surface area contributed by atoms with Gasteiger partial charge in [-0.1, -0.05) is 36.8 Å². The van der Waals surface area contributed by atoms with Crippen LogP contribution in [0.5, 0.6) is 5.75 Å². The normalized spacial score (nSPS) is 11.9. The third-order valence-corrected chi connectivity index (χ3v) is 7.08. The summed E-state index contributed by atoms with van der Waals surface area (Å²) >= 11 is 1.68. The number of benzene rings is 2. The Kier molecular flexibility index (Phi) is 7.61. The summed E-state index contributed by atoms with van der Waals surface area (Å²) in [5.74, 6) is 0.138. The fourth-order valence-electron chi connectivity index (χ4n) is 4.06. The van der Waals surface area contributed by atoms with E-state index < -0.39 is 5.97 Å². The number of carboxylic acids is 1. The Balaban J connectivity index is 1.42. The van der Waals surface area contributed by atoms with Gasteiger partial charge in [-0.25, -0.2) is 4.98 Å². The van der Waals surface area contributed by atoms with Crippen LogP contribution in [0, 0.1) is 20.8 Å². The van der Waals surface area contributed by atoms with Crippen LogP contribution in [0.2, 0.25) is 0 Å². The first-order valence-electron chi connectivity index (χ1n) is 11.7. The zero-order valence-corrected chi connectivity index (χ0v) is 21.4. The Bertz CT molecular complexity index is 1330. The smallest absolute Gasteiger partial charge is 0.303 e. The third-order valence-electron chi connectivity index (χ3n) is 6.05. The quantitative estimate of drug-likeness (QED) is 0.276. The van der Waals surface area contributed by atoms with E-state index in [0.29, 0.717) is 13.0 Å². The first kappa shape index (κ1) is 24.6. The van der Waals surface area contributed by atoms with Crippen molar-refractivity contribution < 1.29 is 14.6 Å². The lowest BCUT2D eigenvalue weighted by molar-refractivity contribution is -0.136. The van der Waals surface area contributed by atoms with Crippen molar-refractivity contribution in [1.82, 2.24) is 9.97 Å². The van der Waals surface area contributed by atoms with Crippen molar-refractivity contribution in [2.75, 3.05) is 6.61 Å². The second-order valence-corrected chi connectivity index (χ2v) is 10.2.